The van der Waals surface area contributed by atoms with Crippen molar-refractivity contribution in [2.24, 2.45) is 7.05 Å². The van der Waals surface area contributed by atoms with Crippen LogP contribution in [-0.2, 0) is 7.05 Å². The molecule has 0 radical (unpaired) electrons. The number of aryl methyl sites for hydroxylation is 1. The van der Waals surface area contributed by atoms with Gasteiger partial charge in [0, 0.05) is 13.2 Å². The van der Waals surface area contributed by atoms with E-state index in [2.05, 4.69) is 13.0 Å². The van der Waals surface area contributed by atoms with Gasteiger partial charge < -0.3 is 4.57 Å². The normalized spacial score (nSPS) is 11.3. The molecule has 0 aliphatic carbocycles. The van der Waals surface area contributed by atoms with Crippen molar-refractivity contribution >= 4 is 5.57 Å². The van der Waals surface area contributed by atoms with Crippen LogP contribution in [0.5, 0.6) is 0 Å². The number of nitrogens with zero attached hydrogens (tertiary/aromatic N) is 2. The van der Waals surface area contributed by atoms with Crippen molar-refractivity contribution in [1.29, 1.82) is 5.26 Å². The second kappa shape index (κ2) is 4.51. The first-order valence-electron chi connectivity index (χ1n) is 4.51. The Bertz CT molecular complexity index is 339. The molecular formula is C11H14N2. The zero-order valence-corrected chi connectivity index (χ0v) is 8.12. The summed E-state index contributed by atoms with van der Waals surface area (Å²) in [6, 6.07) is 6.13. The minimum absolute atomic E-state index is 0.773. The number of nitriles is 1. The van der Waals surface area contributed by atoms with E-state index >= 15 is 0 Å². The Balaban J connectivity index is 2.92. The molecule has 0 amide bonds. The lowest BCUT2D eigenvalue weighted by atomic mass is 10.1. The predicted molar refractivity (Wildman–Crippen MR) is 53.9 cm³/mol. The van der Waals surface area contributed by atoms with Crippen molar-refractivity contribution < 1.29 is 0 Å². The van der Waals surface area contributed by atoms with Crippen molar-refractivity contribution in [2.45, 2.75) is 19.8 Å². The zero-order chi connectivity index (χ0) is 9.68. The standard InChI is InChI=1S/C11H14N2/c1-3-4-6-10(9-12)11-7-5-8-13(11)2/h5-8H,3-4H2,1-2H3/b10-6+. The van der Waals surface area contributed by atoms with E-state index < -0.39 is 0 Å². The summed E-state index contributed by atoms with van der Waals surface area (Å²) in [6.45, 7) is 2.11. The van der Waals surface area contributed by atoms with E-state index in [1.165, 1.54) is 0 Å². The van der Waals surface area contributed by atoms with Crippen molar-refractivity contribution in [1.82, 2.24) is 4.57 Å². The van der Waals surface area contributed by atoms with Crippen LogP contribution in [0.3, 0.4) is 0 Å². The van der Waals surface area contributed by atoms with Gasteiger partial charge >= 0.3 is 0 Å². The van der Waals surface area contributed by atoms with Crippen LogP contribution in [0.25, 0.3) is 5.57 Å². The minimum Gasteiger partial charge on any atom is -0.350 e. The molecule has 0 fully saturated rings. The molecule has 2 nitrogen and oxygen atoms in total. The molecule has 0 spiro atoms. The molecular weight excluding hydrogens is 160 g/mol. The maximum absolute atomic E-state index is 8.92. The summed E-state index contributed by atoms with van der Waals surface area (Å²) in [5, 5.41) is 8.92. The van der Waals surface area contributed by atoms with Gasteiger partial charge in [0.1, 0.15) is 6.07 Å². The Labute approximate surface area is 79.1 Å². The molecule has 0 aliphatic rings. The maximum atomic E-state index is 8.92. The lowest BCUT2D eigenvalue weighted by molar-refractivity contribution is 0.906. The van der Waals surface area contributed by atoms with E-state index in [1.807, 2.05) is 36.0 Å². The van der Waals surface area contributed by atoms with Gasteiger partial charge in [0.05, 0.1) is 11.3 Å². The topological polar surface area (TPSA) is 28.7 Å². The number of unbranched alkanes of at least 4 members (excludes halogenated alkanes) is 1. The Morgan fingerprint density at radius 3 is 2.92 bits per heavy atom. The smallest absolute Gasteiger partial charge is 0.101 e. The van der Waals surface area contributed by atoms with Crippen LogP contribution in [0.2, 0.25) is 0 Å². The molecule has 1 rings (SSSR count). The highest BCUT2D eigenvalue weighted by Gasteiger charge is 2.02. The van der Waals surface area contributed by atoms with Crippen LogP contribution < -0.4 is 0 Å². The molecule has 68 valence electrons. The predicted octanol–water partition coefficient (Wildman–Crippen LogP) is 2.73. The highest BCUT2D eigenvalue weighted by Crippen LogP contribution is 2.14. The molecule has 0 unspecified atom stereocenters. The molecule has 0 aliphatic heterocycles. The molecule has 1 aromatic heterocycles. The molecule has 0 bridgehead atoms. The molecule has 13 heavy (non-hydrogen) atoms. The molecule has 0 atom stereocenters. The summed E-state index contributed by atoms with van der Waals surface area (Å²) >= 11 is 0. The second-order valence-corrected chi connectivity index (χ2v) is 3.02. The minimum atomic E-state index is 0.773. The van der Waals surface area contributed by atoms with E-state index in [9.17, 15) is 0 Å². The average molecular weight is 174 g/mol. The van der Waals surface area contributed by atoms with E-state index in [1.54, 1.807) is 0 Å². The van der Waals surface area contributed by atoms with Crippen LogP contribution >= 0.6 is 0 Å². The molecule has 1 heterocycles. The monoisotopic (exact) mass is 174 g/mol. The first-order chi connectivity index (χ1) is 6.29. The fourth-order valence-corrected chi connectivity index (χ4v) is 1.24. The van der Waals surface area contributed by atoms with Crippen LogP contribution in [0.15, 0.2) is 24.4 Å². The summed E-state index contributed by atoms with van der Waals surface area (Å²) < 4.78 is 1.96. The number of allylic oxidation sites excluding steroid dienone is 2. The third-order valence-electron chi connectivity index (χ3n) is 1.98. The lowest BCUT2D eigenvalue weighted by Crippen LogP contribution is -1.92. The Morgan fingerprint density at radius 1 is 1.69 bits per heavy atom. The summed E-state index contributed by atoms with van der Waals surface area (Å²) in [5.74, 6) is 0. The van der Waals surface area contributed by atoms with Crippen LogP contribution in [0.1, 0.15) is 25.5 Å². The van der Waals surface area contributed by atoms with Gasteiger partial charge in [0.25, 0.3) is 0 Å². The van der Waals surface area contributed by atoms with E-state index in [4.69, 9.17) is 5.26 Å². The van der Waals surface area contributed by atoms with Gasteiger partial charge in [-0.15, -0.1) is 0 Å². The highest BCUT2D eigenvalue weighted by molar-refractivity contribution is 5.74. The largest absolute Gasteiger partial charge is 0.350 e. The Kier molecular flexibility index (Phi) is 3.33. The SMILES string of the molecule is CCC/C=C(\C#N)c1cccn1C. The van der Waals surface area contributed by atoms with Crippen molar-refractivity contribution in [3.8, 4) is 6.07 Å². The fraction of sp³-hybridized carbons (Fsp3) is 0.364. The molecule has 0 saturated heterocycles. The van der Waals surface area contributed by atoms with Crippen molar-refractivity contribution in [3.05, 3.63) is 30.1 Å². The Hall–Kier alpha value is -1.49. The van der Waals surface area contributed by atoms with E-state index in [0.717, 1.165) is 24.1 Å². The Morgan fingerprint density at radius 2 is 2.46 bits per heavy atom. The third kappa shape index (κ3) is 2.22. The van der Waals surface area contributed by atoms with E-state index in [0.29, 0.717) is 0 Å². The first kappa shape index (κ1) is 9.60. The average Bonchev–Trinajstić information content (AvgIpc) is 2.54. The van der Waals surface area contributed by atoms with Gasteiger partial charge in [-0.2, -0.15) is 5.26 Å². The maximum Gasteiger partial charge on any atom is 0.101 e. The number of rotatable bonds is 3. The molecule has 0 N–H and O–H groups in total. The summed E-state index contributed by atoms with van der Waals surface area (Å²) in [5.41, 5.74) is 1.77. The number of hydrogen-bond acceptors (Lipinski definition) is 1. The second-order valence-electron chi connectivity index (χ2n) is 3.02. The molecule has 0 saturated carbocycles. The van der Waals surface area contributed by atoms with Crippen LogP contribution in [0, 0.1) is 11.3 Å². The summed E-state index contributed by atoms with van der Waals surface area (Å²) in [6.07, 6.45) is 5.99. The quantitative estimate of drug-likeness (QED) is 0.648. The van der Waals surface area contributed by atoms with Gasteiger partial charge in [-0.1, -0.05) is 19.4 Å². The van der Waals surface area contributed by atoms with Gasteiger partial charge in [-0.3, -0.25) is 0 Å². The van der Waals surface area contributed by atoms with Gasteiger partial charge in [-0.25, -0.2) is 0 Å². The van der Waals surface area contributed by atoms with Crippen LogP contribution in [-0.4, -0.2) is 4.57 Å². The number of hydrogen-bond donors (Lipinski definition) is 0. The van der Waals surface area contributed by atoms with Gasteiger partial charge in [0.2, 0.25) is 0 Å². The number of aromatic nitrogens is 1. The molecule has 2 heteroatoms. The summed E-state index contributed by atoms with van der Waals surface area (Å²) in [4.78, 5) is 0. The third-order valence-corrected chi connectivity index (χ3v) is 1.98. The molecule has 1 aromatic rings. The first-order valence-corrected chi connectivity index (χ1v) is 4.51. The fourth-order valence-electron chi connectivity index (χ4n) is 1.24. The lowest BCUT2D eigenvalue weighted by Gasteiger charge is -2.00. The highest BCUT2D eigenvalue weighted by atomic mass is 14.9. The van der Waals surface area contributed by atoms with E-state index in [-0.39, 0.29) is 0 Å². The summed E-state index contributed by atoms with van der Waals surface area (Å²) in [7, 11) is 1.95. The van der Waals surface area contributed by atoms with Crippen LogP contribution in [0.4, 0.5) is 0 Å². The van der Waals surface area contributed by atoms with Crippen molar-refractivity contribution in [3.63, 3.8) is 0 Å². The van der Waals surface area contributed by atoms with Gasteiger partial charge in [-0.05, 0) is 18.6 Å². The molecule has 0 aromatic carbocycles. The van der Waals surface area contributed by atoms with Crippen molar-refractivity contribution in [2.75, 3.05) is 0 Å². The van der Waals surface area contributed by atoms with Gasteiger partial charge in [0.15, 0.2) is 0 Å². The zero-order valence-electron chi connectivity index (χ0n) is 8.12.